The molecule has 4 amide bonds. The normalized spacial score (nSPS) is 19.5. The van der Waals surface area contributed by atoms with Gasteiger partial charge in [-0.2, -0.15) is 5.21 Å². The van der Waals surface area contributed by atoms with Crippen LogP contribution in [0, 0.1) is 12.8 Å². The summed E-state index contributed by atoms with van der Waals surface area (Å²) in [6.45, 7) is 7.60. The zero-order valence-corrected chi connectivity index (χ0v) is 24.7. The predicted molar refractivity (Wildman–Crippen MR) is 161 cm³/mol. The molecular formula is C31H40N8O3. The predicted octanol–water partition coefficient (Wildman–Crippen LogP) is 4.68. The largest absolute Gasteiger partial charge is 0.350 e. The fraction of sp³-hybridized carbons (Fsp3) is 0.484. The molecule has 1 aliphatic carbocycles. The van der Waals surface area contributed by atoms with Crippen molar-refractivity contribution >= 4 is 29.2 Å². The van der Waals surface area contributed by atoms with E-state index in [9.17, 15) is 14.4 Å². The lowest BCUT2D eigenvalue weighted by Gasteiger charge is -2.32. The van der Waals surface area contributed by atoms with Crippen LogP contribution in [0.15, 0.2) is 42.5 Å². The van der Waals surface area contributed by atoms with Crippen molar-refractivity contribution in [2.45, 2.75) is 83.7 Å². The van der Waals surface area contributed by atoms with Crippen molar-refractivity contribution < 1.29 is 14.4 Å². The van der Waals surface area contributed by atoms with Gasteiger partial charge in [0.1, 0.15) is 12.6 Å². The number of anilines is 2. The summed E-state index contributed by atoms with van der Waals surface area (Å²) < 4.78 is 0. The number of benzene rings is 2. The molecule has 2 aliphatic rings. The van der Waals surface area contributed by atoms with Gasteiger partial charge in [-0.25, -0.2) is 4.79 Å². The maximum absolute atomic E-state index is 14.2. The Hall–Kier alpha value is -4.28. The minimum absolute atomic E-state index is 0.0763. The monoisotopic (exact) mass is 572 g/mol. The number of rotatable bonds is 6. The molecule has 5 rings (SSSR count). The van der Waals surface area contributed by atoms with Crippen LogP contribution in [0.5, 0.6) is 0 Å². The number of carbonyl (C=O) groups excluding carboxylic acids is 3. The Bertz CT molecular complexity index is 1430. The molecule has 0 spiro atoms. The molecule has 222 valence electrons. The third kappa shape index (κ3) is 6.95. The summed E-state index contributed by atoms with van der Waals surface area (Å²) in [6.07, 6.45) is 6.16. The first-order chi connectivity index (χ1) is 20.1. The van der Waals surface area contributed by atoms with Gasteiger partial charge in [-0.1, -0.05) is 43.5 Å². The first-order valence-electron chi connectivity index (χ1n) is 14.7. The fourth-order valence-corrected chi connectivity index (χ4v) is 6.20. The highest BCUT2D eigenvalue weighted by molar-refractivity contribution is 6.05. The minimum atomic E-state index is -0.813. The molecule has 1 aliphatic heterocycles. The van der Waals surface area contributed by atoms with E-state index in [1.807, 2.05) is 39.8 Å². The summed E-state index contributed by atoms with van der Waals surface area (Å²) in [5, 5.41) is 22.8. The van der Waals surface area contributed by atoms with Crippen molar-refractivity contribution in [3.8, 4) is 11.4 Å². The van der Waals surface area contributed by atoms with Gasteiger partial charge in [0, 0.05) is 22.5 Å². The molecule has 2 unspecified atom stereocenters. The molecule has 11 heteroatoms. The number of urea groups is 1. The molecule has 1 saturated carbocycles. The van der Waals surface area contributed by atoms with E-state index in [-0.39, 0.29) is 24.3 Å². The Kier molecular flexibility index (Phi) is 8.56. The molecule has 42 heavy (non-hydrogen) atoms. The van der Waals surface area contributed by atoms with Crippen LogP contribution >= 0.6 is 0 Å². The third-order valence-electron chi connectivity index (χ3n) is 7.99. The van der Waals surface area contributed by atoms with Crippen molar-refractivity contribution in [2.24, 2.45) is 5.92 Å². The van der Waals surface area contributed by atoms with Gasteiger partial charge in [0.15, 0.2) is 0 Å². The highest BCUT2D eigenvalue weighted by atomic mass is 16.2. The smallest absolute Gasteiger partial charge is 0.319 e. The van der Waals surface area contributed by atoms with E-state index in [1.54, 1.807) is 23.1 Å². The first kappa shape index (κ1) is 29.2. The molecule has 11 nitrogen and oxygen atoms in total. The van der Waals surface area contributed by atoms with Gasteiger partial charge in [-0.3, -0.25) is 9.59 Å². The van der Waals surface area contributed by atoms with E-state index >= 15 is 0 Å². The lowest BCUT2D eigenvalue weighted by Crippen LogP contribution is -2.53. The van der Waals surface area contributed by atoms with Crippen molar-refractivity contribution in [3.05, 3.63) is 53.6 Å². The standard InChI is InChI=1S/C31H40N8O3/c1-19-13-14-23-24(20-9-6-5-7-10-20)17-25(29(41)39(26(23)15-19)18-27(40)34-31(2,3)4)33-30(42)32-22-12-8-11-21(16-22)28-35-37-38-36-28/h8,11-16,20,24-25H,5-7,9-10,17-18H2,1-4H3,(H,34,40)(H2,32,33,42)(H,35,36,37,38). The van der Waals surface area contributed by atoms with E-state index in [4.69, 9.17) is 0 Å². The van der Waals surface area contributed by atoms with Crippen molar-refractivity contribution in [1.82, 2.24) is 31.3 Å². The summed E-state index contributed by atoms with van der Waals surface area (Å²) in [5.74, 6) is 0.342. The van der Waals surface area contributed by atoms with E-state index in [2.05, 4.69) is 48.7 Å². The van der Waals surface area contributed by atoms with Gasteiger partial charge in [0.25, 0.3) is 0 Å². The van der Waals surface area contributed by atoms with E-state index in [1.165, 1.54) is 6.42 Å². The summed E-state index contributed by atoms with van der Waals surface area (Å²) in [6, 6.07) is 12.0. The van der Waals surface area contributed by atoms with Gasteiger partial charge in [-0.05, 0) is 93.3 Å². The molecule has 2 heterocycles. The molecule has 0 saturated heterocycles. The second-order valence-electron chi connectivity index (χ2n) is 12.5. The van der Waals surface area contributed by atoms with Gasteiger partial charge in [0.05, 0.1) is 0 Å². The molecule has 3 aromatic rings. The van der Waals surface area contributed by atoms with Crippen molar-refractivity contribution in [3.63, 3.8) is 0 Å². The van der Waals surface area contributed by atoms with Crippen LogP contribution in [0.2, 0.25) is 0 Å². The average molecular weight is 573 g/mol. The van der Waals surface area contributed by atoms with Gasteiger partial charge >= 0.3 is 6.03 Å². The fourth-order valence-electron chi connectivity index (χ4n) is 6.20. The van der Waals surface area contributed by atoms with Gasteiger partial charge in [0.2, 0.25) is 17.6 Å². The summed E-state index contributed by atoms with van der Waals surface area (Å²) in [4.78, 5) is 42.3. The first-order valence-corrected chi connectivity index (χ1v) is 14.7. The van der Waals surface area contributed by atoms with Crippen LogP contribution in [0.3, 0.4) is 0 Å². The molecule has 2 aromatic carbocycles. The van der Waals surface area contributed by atoms with E-state index in [0.29, 0.717) is 29.4 Å². The van der Waals surface area contributed by atoms with Crippen LogP contribution in [0.4, 0.5) is 16.2 Å². The Morgan fingerprint density at radius 3 is 2.57 bits per heavy atom. The Balaban J connectivity index is 1.44. The Morgan fingerprint density at radius 1 is 1.07 bits per heavy atom. The SMILES string of the molecule is Cc1ccc2c(c1)N(CC(=O)NC(C)(C)C)C(=O)C(NC(=O)Nc1cccc(-c3nn[nH]n3)c1)CC2C1CCCCC1. The number of aromatic amines is 1. The number of tetrazole rings is 1. The summed E-state index contributed by atoms with van der Waals surface area (Å²) in [5.41, 5.74) is 3.61. The molecule has 1 aromatic heterocycles. The Morgan fingerprint density at radius 2 is 1.86 bits per heavy atom. The number of fused-ring (bicyclic) bond motifs is 1. The van der Waals surface area contributed by atoms with Gasteiger partial charge < -0.3 is 20.9 Å². The number of amides is 4. The summed E-state index contributed by atoms with van der Waals surface area (Å²) in [7, 11) is 0. The molecule has 1 fully saturated rings. The highest BCUT2D eigenvalue weighted by Crippen LogP contribution is 2.44. The highest BCUT2D eigenvalue weighted by Gasteiger charge is 2.40. The number of aromatic nitrogens is 4. The maximum atomic E-state index is 14.2. The van der Waals surface area contributed by atoms with E-state index < -0.39 is 17.6 Å². The Labute approximate surface area is 246 Å². The molecule has 4 N–H and O–H groups in total. The lowest BCUT2D eigenvalue weighted by molar-refractivity contribution is -0.125. The van der Waals surface area contributed by atoms with Gasteiger partial charge in [-0.15, -0.1) is 10.2 Å². The minimum Gasteiger partial charge on any atom is -0.350 e. The number of hydrogen-bond donors (Lipinski definition) is 4. The topological polar surface area (TPSA) is 145 Å². The van der Waals surface area contributed by atoms with Crippen LogP contribution in [0.1, 0.15) is 76.3 Å². The number of nitrogens with zero attached hydrogens (tertiary/aromatic N) is 4. The quantitative estimate of drug-likeness (QED) is 0.338. The number of hydrogen-bond acceptors (Lipinski definition) is 6. The average Bonchev–Trinajstić information content (AvgIpc) is 3.46. The van der Waals surface area contributed by atoms with Crippen LogP contribution in [0.25, 0.3) is 11.4 Å². The zero-order valence-electron chi connectivity index (χ0n) is 24.7. The van der Waals surface area contributed by atoms with Crippen molar-refractivity contribution in [2.75, 3.05) is 16.8 Å². The third-order valence-corrected chi connectivity index (χ3v) is 7.99. The number of nitrogens with one attached hydrogen (secondary N) is 4. The molecule has 2 atom stereocenters. The molecule has 0 bridgehead atoms. The number of H-pyrrole nitrogens is 1. The van der Waals surface area contributed by atoms with E-state index in [0.717, 1.165) is 42.5 Å². The van der Waals surface area contributed by atoms with Crippen LogP contribution in [-0.2, 0) is 9.59 Å². The second-order valence-corrected chi connectivity index (χ2v) is 12.5. The second kappa shape index (κ2) is 12.3. The lowest BCUT2D eigenvalue weighted by atomic mass is 9.74. The van der Waals surface area contributed by atoms with Crippen molar-refractivity contribution in [1.29, 1.82) is 0 Å². The summed E-state index contributed by atoms with van der Waals surface area (Å²) >= 11 is 0. The number of aryl methyl sites for hydroxylation is 1. The van der Waals surface area contributed by atoms with Crippen LogP contribution in [-0.4, -0.2) is 56.6 Å². The van der Waals surface area contributed by atoms with Crippen LogP contribution < -0.4 is 20.9 Å². The molecule has 0 radical (unpaired) electrons. The maximum Gasteiger partial charge on any atom is 0.319 e. The zero-order chi connectivity index (χ0) is 29.9. The number of carbonyl (C=O) groups is 3. The molecular weight excluding hydrogens is 532 g/mol.